The average molecular weight is 324 g/mol. The van der Waals surface area contributed by atoms with Crippen molar-refractivity contribution in [2.24, 2.45) is 0 Å². The minimum absolute atomic E-state index is 0.333. The molecule has 1 aromatic heterocycles. The van der Waals surface area contributed by atoms with E-state index in [1.807, 2.05) is 19.1 Å². The number of hydrogen-bond acceptors (Lipinski definition) is 3. The number of benzene rings is 2. The first-order valence-corrected chi connectivity index (χ1v) is 7.51. The van der Waals surface area contributed by atoms with Gasteiger partial charge in [-0.15, -0.1) is 0 Å². The average Bonchev–Trinajstić information content (AvgIpc) is 2.54. The maximum atomic E-state index is 13.6. The van der Waals surface area contributed by atoms with Crippen molar-refractivity contribution in [2.75, 3.05) is 12.4 Å². The number of methoxy groups -OCH3 is 1. The Balaban J connectivity index is 2.06. The molecule has 122 valence electrons. The molecular weight excluding hydrogens is 307 g/mol. The lowest BCUT2D eigenvalue weighted by Gasteiger charge is -2.12. The number of nitrogens with one attached hydrogen (secondary N) is 1. The van der Waals surface area contributed by atoms with Gasteiger partial charge in [0.15, 0.2) is 0 Å². The zero-order valence-electron chi connectivity index (χ0n) is 13.7. The third-order valence-electron chi connectivity index (χ3n) is 3.75. The molecule has 2 aromatic carbocycles. The second-order valence-electron chi connectivity index (χ2n) is 5.63. The molecule has 0 bridgehead atoms. The first kappa shape index (κ1) is 15.9. The highest BCUT2D eigenvalue weighted by Gasteiger charge is 2.15. The number of nitrogens with zero attached hydrogens (tertiary/aromatic N) is 1. The number of carbonyl (C=O) groups excluding carboxylic acids is 1. The van der Waals surface area contributed by atoms with Crippen molar-refractivity contribution in [3.8, 4) is 5.75 Å². The zero-order chi connectivity index (χ0) is 17.3. The molecule has 0 saturated heterocycles. The highest BCUT2D eigenvalue weighted by atomic mass is 19.1. The summed E-state index contributed by atoms with van der Waals surface area (Å²) in [6.07, 6.45) is 0. The van der Waals surface area contributed by atoms with Crippen LogP contribution in [0.2, 0.25) is 0 Å². The van der Waals surface area contributed by atoms with Crippen LogP contribution in [0.4, 0.5) is 10.1 Å². The Kier molecular flexibility index (Phi) is 4.16. The maximum absolute atomic E-state index is 13.6. The molecular formula is C19H17FN2O2. The highest BCUT2D eigenvalue weighted by molar-refractivity contribution is 6.12. The van der Waals surface area contributed by atoms with Gasteiger partial charge < -0.3 is 10.1 Å². The zero-order valence-corrected chi connectivity index (χ0v) is 13.7. The fraction of sp³-hybridized carbons (Fsp3) is 0.158. The Morgan fingerprint density at radius 2 is 1.92 bits per heavy atom. The molecule has 0 spiro atoms. The summed E-state index contributed by atoms with van der Waals surface area (Å²) in [7, 11) is 1.54. The number of fused-ring (bicyclic) bond motifs is 1. The monoisotopic (exact) mass is 324 g/mol. The first-order valence-electron chi connectivity index (χ1n) is 7.51. The summed E-state index contributed by atoms with van der Waals surface area (Å²) < 4.78 is 18.9. The van der Waals surface area contributed by atoms with Crippen LogP contribution in [-0.4, -0.2) is 18.0 Å². The third kappa shape index (κ3) is 3.06. The molecule has 0 saturated carbocycles. The lowest BCUT2D eigenvalue weighted by Crippen LogP contribution is -2.14. The van der Waals surface area contributed by atoms with Crippen LogP contribution < -0.4 is 10.1 Å². The van der Waals surface area contributed by atoms with E-state index < -0.39 is 5.82 Å². The van der Waals surface area contributed by atoms with Crippen LogP contribution in [0.1, 0.15) is 21.6 Å². The van der Waals surface area contributed by atoms with Crippen molar-refractivity contribution >= 4 is 22.5 Å². The molecule has 4 nitrogen and oxygen atoms in total. The number of halogens is 1. The van der Waals surface area contributed by atoms with E-state index in [9.17, 15) is 9.18 Å². The Labute approximate surface area is 139 Å². The van der Waals surface area contributed by atoms with E-state index in [0.717, 1.165) is 5.56 Å². The van der Waals surface area contributed by atoms with Crippen molar-refractivity contribution in [1.29, 1.82) is 0 Å². The molecule has 1 heterocycles. The molecule has 0 aliphatic carbocycles. The summed E-state index contributed by atoms with van der Waals surface area (Å²) in [6.45, 7) is 3.73. The second kappa shape index (κ2) is 6.28. The molecule has 0 fully saturated rings. The van der Waals surface area contributed by atoms with E-state index in [0.29, 0.717) is 33.6 Å². The van der Waals surface area contributed by atoms with Crippen LogP contribution in [0.25, 0.3) is 10.9 Å². The summed E-state index contributed by atoms with van der Waals surface area (Å²) >= 11 is 0. The van der Waals surface area contributed by atoms with Gasteiger partial charge in [0.2, 0.25) is 0 Å². The summed E-state index contributed by atoms with van der Waals surface area (Å²) in [5.41, 5.74) is 3.21. The number of amides is 1. The number of ether oxygens (including phenoxy) is 1. The van der Waals surface area contributed by atoms with E-state index in [4.69, 9.17) is 4.74 Å². The lowest BCUT2D eigenvalue weighted by atomic mass is 10.1. The van der Waals surface area contributed by atoms with Crippen molar-refractivity contribution in [3.63, 3.8) is 0 Å². The van der Waals surface area contributed by atoms with Crippen LogP contribution in [0, 0.1) is 19.7 Å². The SMILES string of the molecule is COc1ccc(C)cc1NC(=O)c1cc(C)nc2ccc(F)cc12. The molecule has 3 rings (SSSR count). The lowest BCUT2D eigenvalue weighted by molar-refractivity contribution is 0.102. The molecule has 0 radical (unpaired) electrons. The first-order chi connectivity index (χ1) is 11.5. The molecule has 0 unspecified atom stereocenters. The number of aryl methyl sites for hydroxylation is 2. The van der Waals surface area contributed by atoms with Crippen LogP contribution >= 0.6 is 0 Å². The fourth-order valence-electron chi connectivity index (χ4n) is 2.63. The second-order valence-corrected chi connectivity index (χ2v) is 5.63. The van der Waals surface area contributed by atoms with Gasteiger partial charge in [-0.3, -0.25) is 9.78 Å². The normalized spacial score (nSPS) is 10.7. The molecule has 1 amide bonds. The number of rotatable bonds is 3. The maximum Gasteiger partial charge on any atom is 0.256 e. The Morgan fingerprint density at radius 3 is 2.67 bits per heavy atom. The van der Waals surface area contributed by atoms with Crippen LogP contribution in [0.5, 0.6) is 5.75 Å². The third-order valence-corrected chi connectivity index (χ3v) is 3.75. The van der Waals surface area contributed by atoms with Crippen molar-refractivity contribution in [1.82, 2.24) is 4.98 Å². The Morgan fingerprint density at radius 1 is 1.12 bits per heavy atom. The van der Waals surface area contributed by atoms with E-state index in [2.05, 4.69) is 10.3 Å². The van der Waals surface area contributed by atoms with Gasteiger partial charge in [-0.2, -0.15) is 0 Å². The van der Waals surface area contributed by atoms with Crippen molar-refractivity contribution < 1.29 is 13.9 Å². The van der Waals surface area contributed by atoms with Gasteiger partial charge in [0.25, 0.3) is 5.91 Å². The van der Waals surface area contributed by atoms with E-state index in [-0.39, 0.29) is 5.91 Å². The van der Waals surface area contributed by atoms with Gasteiger partial charge in [0, 0.05) is 11.1 Å². The number of pyridine rings is 1. The van der Waals surface area contributed by atoms with Gasteiger partial charge >= 0.3 is 0 Å². The molecule has 5 heteroatoms. The minimum atomic E-state index is -0.407. The summed E-state index contributed by atoms with van der Waals surface area (Å²) in [5, 5.41) is 3.32. The van der Waals surface area contributed by atoms with Crippen LogP contribution in [-0.2, 0) is 0 Å². The van der Waals surface area contributed by atoms with Gasteiger partial charge in [0.05, 0.1) is 23.9 Å². The van der Waals surface area contributed by atoms with Gasteiger partial charge in [-0.1, -0.05) is 6.07 Å². The predicted octanol–water partition coefficient (Wildman–Crippen LogP) is 4.25. The summed E-state index contributed by atoms with van der Waals surface area (Å²) in [5.74, 6) is -0.175. The Hall–Kier alpha value is -2.95. The van der Waals surface area contributed by atoms with Crippen LogP contribution in [0.15, 0.2) is 42.5 Å². The number of anilines is 1. The molecule has 3 aromatic rings. The van der Waals surface area contributed by atoms with Crippen molar-refractivity contribution in [2.45, 2.75) is 13.8 Å². The quantitative estimate of drug-likeness (QED) is 0.783. The van der Waals surface area contributed by atoms with Gasteiger partial charge in [-0.05, 0) is 55.8 Å². The molecule has 0 aliphatic rings. The van der Waals surface area contributed by atoms with Crippen molar-refractivity contribution in [3.05, 3.63) is 65.1 Å². The van der Waals surface area contributed by atoms with Gasteiger partial charge in [0.1, 0.15) is 11.6 Å². The molecule has 1 N–H and O–H groups in total. The molecule has 0 aliphatic heterocycles. The minimum Gasteiger partial charge on any atom is -0.495 e. The number of aromatic nitrogens is 1. The number of carbonyl (C=O) groups is 1. The smallest absolute Gasteiger partial charge is 0.256 e. The standard InChI is InChI=1S/C19H17FN2O2/c1-11-4-7-18(24-3)17(8-11)22-19(23)15-9-12(2)21-16-6-5-13(20)10-14(15)16/h4-10H,1-3H3,(H,22,23). The predicted molar refractivity (Wildman–Crippen MR) is 92.1 cm³/mol. The van der Waals surface area contributed by atoms with E-state index in [1.165, 1.54) is 12.1 Å². The summed E-state index contributed by atoms with van der Waals surface area (Å²) in [6, 6.07) is 11.4. The fourth-order valence-corrected chi connectivity index (χ4v) is 2.63. The molecule has 0 atom stereocenters. The Bertz CT molecular complexity index is 938. The summed E-state index contributed by atoms with van der Waals surface area (Å²) in [4.78, 5) is 17.1. The van der Waals surface area contributed by atoms with Crippen LogP contribution in [0.3, 0.4) is 0 Å². The number of hydrogen-bond donors (Lipinski definition) is 1. The van der Waals surface area contributed by atoms with Gasteiger partial charge in [-0.25, -0.2) is 4.39 Å². The largest absolute Gasteiger partial charge is 0.495 e. The van der Waals surface area contributed by atoms with E-state index >= 15 is 0 Å². The van der Waals surface area contributed by atoms with E-state index in [1.54, 1.807) is 32.2 Å². The topological polar surface area (TPSA) is 51.2 Å². The highest BCUT2D eigenvalue weighted by Crippen LogP contribution is 2.27. The molecule has 24 heavy (non-hydrogen) atoms.